The van der Waals surface area contributed by atoms with Gasteiger partial charge in [0.2, 0.25) is 0 Å². The van der Waals surface area contributed by atoms with Crippen LogP contribution in [0.4, 0.5) is 0 Å². The highest BCUT2D eigenvalue weighted by Crippen LogP contribution is 2.32. The molecule has 0 amide bonds. The Labute approximate surface area is 167 Å². The van der Waals surface area contributed by atoms with Gasteiger partial charge in [-0.05, 0) is 57.4 Å². The van der Waals surface area contributed by atoms with E-state index in [0.717, 1.165) is 36.9 Å². The monoisotopic (exact) mass is 376 g/mol. The zero-order valence-corrected chi connectivity index (χ0v) is 17.9. The summed E-state index contributed by atoms with van der Waals surface area (Å²) >= 11 is 0. The van der Waals surface area contributed by atoms with Crippen LogP contribution >= 0.6 is 0 Å². The summed E-state index contributed by atoms with van der Waals surface area (Å²) < 4.78 is 10.1. The molecule has 0 radical (unpaired) electrons. The lowest BCUT2D eigenvalue weighted by Crippen LogP contribution is -2.15. The second-order valence-corrected chi connectivity index (χ2v) is 6.84. The summed E-state index contributed by atoms with van der Waals surface area (Å²) in [5, 5.41) is 0. The Hall–Kier alpha value is -1.45. The Balaban J connectivity index is 0.000000574. The van der Waals surface area contributed by atoms with E-state index < -0.39 is 0 Å². The quantitative estimate of drug-likeness (QED) is 0.296. The van der Waals surface area contributed by atoms with Crippen molar-refractivity contribution in [2.75, 3.05) is 13.2 Å². The van der Waals surface area contributed by atoms with E-state index >= 15 is 0 Å². The minimum Gasteiger partial charge on any atom is -0.353 e. The molecule has 1 aromatic carbocycles. The van der Waals surface area contributed by atoms with Crippen LogP contribution in [0.25, 0.3) is 0 Å². The number of rotatable bonds is 8. The van der Waals surface area contributed by atoms with Gasteiger partial charge in [0.05, 0.1) is 0 Å². The topological polar surface area (TPSA) is 35.5 Å². The van der Waals surface area contributed by atoms with Gasteiger partial charge < -0.3 is 9.47 Å². The third kappa shape index (κ3) is 11.8. The minimum atomic E-state index is -0.0370. The first kappa shape index (κ1) is 25.6. The van der Waals surface area contributed by atoms with E-state index in [0.29, 0.717) is 0 Å². The van der Waals surface area contributed by atoms with Gasteiger partial charge >= 0.3 is 0 Å². The first-order valence-corrected chi connectivity index (χ1v) is 10.4. The maximum Gasteiger partial charge on any atom is 0.154 e. The van der Waals surface area contributed by atoms with E-state index in [2.05, 4.69) is 32.2 Å². The maximum atomic E-state index is 10.6. The standard InChI is InChI=1S/C16H22O.C6H14O2.C2H4/c1-2-13-3-5-14(6-4-13)11-15-7-9-16(12-17)10-8-15;1-4-7-6(3)8-5-2;1-2/h7-10,12-14H,2-6,11H2,1H3;6H,4-5H2,1-3H3;1-2H2. The Morgan fingerprint density at radius 3 is 1.85 bits per heavy atom. The van der Waals surface area contributed by atoms with E-state index in [1.807, 2.05) is 32.9 Å². The largest absolute Gasteiger partial charge is 0.353 e. The molecule has 0 heterocycles. The Morgan fingerprint density at radius 2 is 1.44 bits per heavy atom. The molecular weight excluding hydrogens is 336 g/mol. The van der Waals surface area contributed by atoms with Crippen molar-refractivity contribution < 1.29 is 14.3 Å². The van der Waals surface area contributed by atoms with Crippen LogP contribution < -0.4 is 0 Å². The molecular formula is C24H40O3. The van der Waals surface area contributed by atoms with Crippen LogP contribution in [0.2, 0.25) is 0 Å². The summed E-state index contributed by atoms with van der Waals surface area (Å²) in [5.41, 5.74) is 2.17. The fourth-order valence-corrected chi connectivity index (χ4v) is 3.43. The highest BCUT2D eigenvalue weighted by Gasteiger charge is 2.19. The molecule has 3 heteroatoms. The smallest absolute Gasteiger partial charge is 0.154 e. The first-order valence-electron chi connectivity index (χ1n) is 10.4. The summed E-state index contributed by atoms with van der Waals surface area (Å²) in [4.78, 5) is 10.6. The SMILES string of the molecule is C=C.CCC1CCC(Cc2ccc(C=O)cc2)CC1.CCOC(C)OCC. The lowest BCUT2D eigenvalue weighted by Gasteiger charge is -2.27. The molecule has 1 saturated carbocycles. The van der Waals surface area contributed by atoms with Gasteiger partial charge in [-0.1, -0.05) is 50.5 Å². The van der Waals surface area contributed by atoms with E-state index in [1.165, 1.54) is 44.1 Å². The molecule has 0 atom stereocenters. The molecule has 0 aliphatic heterocycles. The summed E-state index contributed by atoms with van der Waals surface area (Å²) in [6.07, 6.45) is 9.00. The molecule has 0 saturated heterocycles. The third-order valence-corrected chi connectivity index (χ3v) is 4.99. The average molecular weight is 377 g/mol. The molecule has 3 nitrogen and oxygen atoms in total. The summed E-state index contributed by atoms with van der Waals surface area (Å²) in [5.74, 6) is 1.84. The molecule has 1 aliphatic carbocycles. The van der Waals surface area contributed by atoms with Gasteiger partial charge in [0.1, 0.15) is 6.29 Å². The number of benzene rings is 1. The van der Waals surface area contributed by atoms with Gasteiger partial charge in [-0.3, -0.25) is 4.79 Å². The van der Waals surface area contributed by atoms with Crippen molar-refractivity contribution in [1.29, 1.82) is 0 Å². The molecule has 0 bridgehead atoms. The average Bonchev–Trinajstić information content (AvgIpc) is 2.71. The third-order valence-electron chi connectivity index (χ3n) is 4.99. The van der Waals surface area contributed by atoms with Gasteiger partial charge in [0.25, 0.3) is 0 Å². The Kier molecular flexibility index (Phi) is 15.8. The summed E-state index contributed by atoms with van der Waals surface area (Å²) in [7, 11) is 0. The second kappa shape index (κ2) is 16.7. The number of hydrogen-bond donors (Lipinski definition) is 0. The van der Waals surface area contributed by atoms with Crippen LogP contribution in [0.15, 0.2) is 37.4 Å². The molecule has 0 aromatic heterocycles. The van der Waals surface area contributed by atoms with Crippen LogP contribution in [0.1, 0.15) is 75.7 Å². The number of aldehydes is 1. The molecule has 1 aliphatic rings. The van der Waals surface area contributed by atoms with Crippen molar-refractivity contribution in [3.8, 4) is 0 Å². The number of carbonyl (C=O) groups is 1. The van der Waals surface area contributed by atoms with Crippen LogP contribution in [0.5, 0.6) is 0 Å². The van der Waals surface area contributed by atoms with Crippen molar-refractivity contribution >= 4 is 6.29 Å². The van der Waals surface area contributed by atoms with E-state index in [9.17, 15) is 4.79 Å². The zero-order valence-electron chi connectivity index (χ0n) is 17.9. The molecule has 2 rings (SSSR count). The van der Waals surface area contributed by atoms with Crippen molar-refractivity contribution in [3.05, 3.63) is 48.6 Å². The van der Waals surface area contributed by atoms with Gasteiger partial charge in [-0.25, -0.2) is 0 Å². The predicted octanol–water partition coefficient (Wildman–Crippen LogP) is 6.47. The first-order chi connectivity index (χ1) is 13.1. The van der Waals surface area contributed by atoms with Gasteiger partial charge in [0.15, 0.2) is 6.29 Å². The number of carbonyl (C=O) groups excluding carboxylic acids is 1. The normalized spacial score (nSPS) is 18.7. The fraction of sp³-hybridized carbons (Fsp3) is 0.625. The van der Waals surface area contributed by atoms with Crippen LogP contribution in [-0.4, -0.2) is 25.8 Å². The highest BCUT2D eigenvalue weighted by molar-refractivity contribution is 5.74. The zero-order chi connectivity index (χ0) is 20.5. The van der Waals surface area contributed by atoms with Gasteiger partial charge in [0, 0.05) is 18.8 Å². The summed E-state index contributed by atoms with van der Waals surface area (Å²) in [6, 6.07) is 8.07. The van der Waals surface area contributed by atoms with Crippen LogP contribution in [0.3, 0.4) is 0 Å². The van der Waals surface area contributed by atoms with Crippen molar-refractivity contribution in [2.24, 2.45) is 11.8 Å². The van der Waals surface area contributed by atoms with Gasteiger partial charge in [-0.15, -0.1) is 13.2 Å². The van der Waals surface area contributed by atoms with Crippen molar-refractivity contribution in [3.63, 3.8) is 0 Å². The van der Waals surface area contributed by atoms with E-state index in [1.54, 1.807) is 0 Å². The van der Waals surface area contributed by atoms with Gasteiger partial charge in [-0.2, -0.15) is 0 Å². The Morgan fingerprint density at radius 1 is 0.963 bits per heavy atom. The highest BCUT2D eigenvalue weighted by atomic mass is 16.7. The van der Waals surface area contributed by atoms with E-state index in [-0.39, 0.29) is 6.29 Å². The summed E-state index contributed by atoms with van der Waals surface area (Å²) in [6.45, 7) is 15.6. The number of hydrogen-bond acceptors (Lipinski definition) is 3. The minimum absolute atomic E-state index is 0.0370. The van der Waals surface area contributed by atoms with E-state index in [4.69, 9.17) is 9.47 Å². The molecule has 27 heavy (non-hydrogen) atoms. The molecule has 1 fully saturated rings. The van der Waals surface area contributed by atoms with Crippen molar-refractivity contribution in [2.45, 2.75) is 72.5 Å². The van der Waals surface area contributed by atoms with Crippen molar-refractivity contribution in [1.82, 2.24) is 0 Å². The molecule has 154 valence electrons. The Bertz CT molecular complexity index is 455. The number of ether oxygens (including phenoxy) is 2. The molecule has 0 N–H and O–H groups in total. The fourth-order valence-electron chi connectivity index (χ4n) is 3.43. The molecule has 0 spiro atoms. The molecule has 0 unspecified atom stereocenters. The van der Waals surface area contributed by atoms with Crippen LogP contribution in [-0.2, 0) is 15.9 Å². The predicted molar refractivity (Wildman–Crippen MR) is 115 cm³/mol. The maximum absolute atomic E-state index is 10.6. The van der Waals surface area contributed by atoms with Crippen LogP contribution in [0, 0.1) is 11.8 Å². The second-order valence-electron chi connectivity index (χ2n) is 6.84. The lowest BCUT2D eigenvalue weighted by atomic mass is 9.78. The lowest BCUT2D eigenvalue weighted by molar-refractivity contribution is -0.123. The molecule has 1 aromatic rings.